The molecule has 0 aromatic heterocycles. The second-order valence-corrected chi connectivity index (χ2v) is 25.8. The van der Waals surface area contributed by atoms with Crippen LogP contribution in [-0.2, 0) is 21.7 Å². The van der Waals surface area contributed by atoms with Crippen molar-refractivity contribution < 1.29 is 0 Å². The van der Waals surface area contributed by atoms with E-state index in [0.717, 1.165) is 0 Å². The lowest BCUT2D eigenvalue weighted by atomic mass is 9.71. The topological polar surface area (TPSA) is 6.48 Å². The van der Waals surface area contributed by atoms with Crippen LogP contribution in [0.15, 0.2) is 231 Å². The fourth-order valence-electron chi connectivity index (χ4n) is 15.1. The highest BCUT2D eigenvalue weighted by Crippen LogP contribution is 2.60. The van der Waals surface area contributed by atoms with Crippen molar-refractivity contribution in [3.05, 3.63) is 286 Å². The van der Waals surface area contributed by atoms with E-state index in [9.17, 15) is 0 Å². The molecule has 12 aromatic rings. The van der Waals surface area contributed by atoms with Gasteiger partial charge in [0, 0.05) is 33.0 Å². The van der Waals surface area contributed by atoms with Gasteiger partial charge in [-0.2, -0.15) is 0 Å². The van der Waals surface area contributed by atoms with Crippen LogP contribution >= 0.6 is 0 Å². The van der Waals surface area contributed by atoms with Crippen molar-refractivity contribution in [3.63, 3.8) is 0 Å². The van der Waals surface area contributed by atoms with Gasteiger partial charge >= 0.3 is 0 Å². The van der Waals surface area contributed by atoms with Gasteiger partial charge < -0.3 is 9.80 Å². The largest absolute Gasteiger partial charge is 0.310 e. The first-order valence-corrected chi connectivity index (χ1v) is 29.3. The van der Waals surface area contributed by atoms with Gasteiger partial charge in [-0.05, 0) is 200 Å². The summed E-state index contributed by atoms with van der Waals surface area (Å²) in [7, 11) is 0. The van der Waals surface area contributed by atoms with E-state index in [-0.39, 0.29) is 21.7 Å². The van der Waals surface area contributed by atoms with Gasteiger partial charge in [0.15, 0.2) is 0 Å². The minimum Gasteiger partial charge on any atom is -0.310 e. The summed E-state index contributed by atoms with van der Waals surface area (Å²) in [6, 6.07) is 87.5. The summed E-state index contributed by atoms with van der Waals surface area (Å²) in [5.41, 5.74) is 27.8. The van der Waals surface area contributed by atoms with Gasteiger partial charge in [-0.25, -0.2) is 0 Å². The standard InChI is InChI=1S/C80H64N2/c1-77(2)65-21-13-15-23-73(65)81(59-35-32-51-17-9-11-19-53(51)42-59)75-47-69-63(45-71(75)77)61-37-28-50(40-67(61)79(69,5)6)26-25-49-27-29-56-41-57(31-30-55(56)39-49)58-34-38-62-64-46-72-76(48-70(64)80(7,8)68(62)44-58)82(74-24-16-14-22-66(74)78(72,3)4)60-36-33-52-18-10-12-20-54(52)43-60/h9-48H,1-8H3/b26-25+. The number of benzene rings is 12. The van der Waals surface area contributed by atoms with E-state index in [4.69, 9.17) is 0 Å². The summed E-state index contributed by atoms with van der Waals surface area (Å²) in [5.74, 6) is 0. The summed E-state index contributed by atoms with van der Waals surface area (Å²) in [5, 5.41) is 7.49. The molecule has 2 nitrogen and oxygen atoms in total. The Kier molecular flexibility index (Phi) is 10.2. The van der Waals surface area contributed by atoms with Crippen LogP contribution in [-0.4, -0.2) is 0 Å². The van der Waals surface area contributed by atoms with Crippen molar-refractivity contribution in [2.24, 2.45) is 0 Å². The molecule has 0 amide bonds. The van der Waals surface area contributed by atoms with Crippen LogP contribution in [0.25, 0.3) is 77.9 Å². The first-order chi connectivity index (χ1) is 39.6. The molecule has 0 unspecified atom stereocenters. The lowest BCUT2D eigenvalue weighted by Gasteiger charge is -2.43. The molecular formula is C80H64N2. The predicted molar refractivity (Wildman–Crippen MR) is 349 cm³/mol. The molecule has 4 aliphatic rings. The maximum absolute atomic E-state index is 2.53. The number of fused-ring (bicyclic) bond motifs is 13. The molecule has 0 saturated carbocycles. The fourth-order valence-corrected chi connectivity index (χ4v) is 15.1. The second-order valence-electron chi connectivity index (χ2n) is 25.8. The zero-order chi connectivity index (χ0) is 55.6. The van der Waals surface area contributed by atoms with Gasteiger partial charge in [-0.3, -0.25) is 0 Å². The molecule has 82 heavy (non-hydrogen) atoms. The molecule has 0 fully saturated rings. The SMILES string of the molecule is CC1(C)c2cc(/C=C/c3ccc4cc(-c5ccc6c(c5)C(C)(C)c5cc7c(cc5-6)C(C)(C)c5ccccc5N7c5ccc6ccccc6c5)ccc4c3)ccc2-c2cc3c(cc21)N(c1ccc2ccccc2c1)c1ccccc1C3(C)C. The Bertz CT molecular complexity index is 4770. The molecule has 2 heterocycles. The zero-order valence-electron chi connectivity index (χ0n) is 48.0. The van der Waals surface area contributed by atoms with Gasteiger partial charge in [-0.1, -0.05) is 219 Å². The third kappa shape index (κ3) is 7.00. The van der Waals surface area contributed by atoms with Gasteiger partial charge in [0.25, 0.3) is 0 Å². The van der Waals surface area contributed by atoms with Crippen LogP contribution in [0.3, 0.4) is 0 Å². The maximum atomic E-state index is 2.53. The Hall–Kier alpha value is -9.24. The molecule has 0 saturated heterocycles. The molecule has 2 heteroatoms. The highest BCUT2D eigenvalue weighted by molar-refractivity contribution is 5.98. The fraction of sp³-hybridized carbons (Fsp3) is 0.150. The normalized spacial score (nSPS) is 16.1. The molecule has 0 bridgehead atoms. The van der Waals surface area contributed by atoms with Crippen LogP contribution in [0, 0.1) is 0 Å². The van der Waals surface area contributed by atoms with Gasteiger partial charge in [-0.15, -0.1) is 0 Å². The highest BCUT2D eigenvalue weighted by Gasteiger charge is 2.44. The van der Waals surface area contributed by atoms with E-state index in [1.807, 2.05) is 0 Å². The van der Waals surface area contributed by atoms with Gasteiger partial charge in [0.2, 0.25) is 0 Å². The smallest absolute Gasteiger partial charge is 0.0506 e. The van der Waals surface area contributed by atoms with Crippen LogP contribution in [0.2, 0.25) is 0 Å². The van der Waals surface area contributed by atoms with Crippen LogP contribution < -0.4 is 9.80 Å². The van der Waals surface area contributed by atoms with Crippen LogP contribution in [0.4, 0.5) is 34.1 Å². The first-order valence-electron chi connectivity index (χ1n) is 29.3. The van der Waals surface area contributed by atoms with Crippen molar-refractivity contribution >= 4 is 78.6 Å². The van der Waals surface area contributed by atoms with Crippen molar-refractivity contribution in [1.29, 1.82) is 0 Å². The number of para-hydroxylation sites is 2. The van der Waals surface area contributed by atoms with Gasteiger partial charge in [0.05, 0.1) is 22.7 Å². The summed E-state index contributed by atoms with van der Waals surface area (Å²) in [4.78, 5) is 5.03. The molecule has 0 N–H and O–H groups in total. The van der Waals surface area contributed by atoms with E-state index < -0.39 is 0 Å². The van der Waals surface area contributed by atoms with E-state index in [2.05, 4.69) is 308 Å². The monoisotopic (exact) mass is 1050 g/mol. The number of hydrogen-bond donors (Lipinski definition) is 0. The summed E-state index contributed by atoms with van der Waals surface area (Å²) < 4.78 is 0. The molecule has 0 atom stereocenters. The average Bonchev–Trinajstić information content (AvgIpc) is 2.08. The summed E-state index contributed by atoms with van der Waals surface area (Å²) >= 11 is 0. The Balaban J connectivity index is 0.694. The minimum atomic E-state index is -0.201. The molecule has 2 aliphatic carbocycles. The highest BCUT2D eigenvalue weighted by atomic mass is 15.2. The van der Waals surface area contributed by atoms with Crippen molar-refractivity contribution in [2.75, 3.05) is 9.80 Å². The molecule has 0 radical (unpaired) electrons. The van der Waals surface area contributed by atoms with Crippen molar-refractivity contribution in [2.45, 2.75) is 77.0 Å². The molecule has 12 aromatic carbocycles. The minimum absolute atomic E-state index is 0.186. The number of rotatable bonds is 5. The quantitative estimate of drug-likeness (QED) is 0.159. The number of hydrogen-bond acceptors (Lipinski definition) is 2. The lowest BCUT2D eigenvalue weighted by Crippen LogP contribution is -2.31. The Morgan fingerprint density at radius 1 is 0.244 bits per heavy atom. The van der Waals surface area contributed by atoms with E-state index in [1.54, 1.807) is 0 Å². The predicted octanol–water partition coefficient (Wildman–Crippen LogP) is 21.8. The average molecular weight is 1050 g/mol. The number of anilines is 6. The third-order valence-electron chi connectivity index (χ3n) is 19.7. The van der Waals surface area contributed by atoms with E-state index >= 15 is 0 Å². The molecule has 16 rings (SSSR count). The summed E-state index contributed by atoms with van der Waals surface area (Å²) in [6.45, 7) is 19.2. The maximum Gasteiger partial charge on any atom is 0.0506 e. The second kappa shape index (κ2) is 17.1. The molecular weight excluding hydrogens is 989 g/mol. The van der Waals surface area contributed by atoms with Crippen LogP contribution in [0.1, 0.15) is 111 Å². The van der Waals surface area contributed by atoms with E-state index in [0.29, 0.717) is 0 Å². The Morgan fingerprint density at radius 3 is 1.18 bits per heavy atom. The third-order valence-corrected chi connectivity index (χ3v) is 19.7. The zero-order valence-corrected chi connectivity index (χ0v) is 48.0. The molecule has 0 spiro atoms. The van der Waals surface area contributed by atoms with E-state index in [1.165, 1.54) is 155 Å². The number of nitrogens with zero attached hydrogens (tertiary/aromatic N) is 2. The Labute approximate surface area is 482 Å². The molecule has 394 valence electrons. The summed E-state index contributed by atoms with van der Waals surface area (Å²) in [6.07, 6.45) is 4.58. The Morgan fingerprint density at radius 2 is 0.622 bits per heavy atom. The van der Waals surface area contributed by atoms with Crippen molar-refractivity contribution in [3.8, 4) is 33.4 Å². The lowest BCUT2D eigenvalue weighted by molar-refractivity contribution is 0.627. The van der Waals surface area contributed by atoms with Crippen LogP contribution in [0.5, 0.6) is 0 Å². The van der Waals surface area contributed by atoms with Crippen molar-refractivity contribution in [1.82, 2.24) is 0 Å². The van der Waals surface area contributed by atoms with Gasteiger partial charge in [0.1, 0.15) is 0 Å². The first kappa shape index (κ1) is 48.6. The molecule has 2 aliphatic heterocycles.